The van der Waals surface area contributed by atoms with Gasteiger partial charge in [-0.2, -0.15) is 0 Å². The summed E-state index contributed by atoms with van der Waals surface area (Å²) in [5, 5.41) is 12.9. The van der Waals surface area contributed by atoms with E-state index in [1.165, 1.54) is 35.9 Å². The molecule has 1 amide bonds. The number of nitrogens with one attached hydrogen (secondary N) is 1. The molecule has 2 heterocycles. The molecule has 0 radical (unpaired) electrons. The number of carbonyl (C=O) groups excluding carboxylic acids is 1. The molecule has 4 rings (SSSR count). The fraction of sp³-hybridized carbons (Fsp3) is 0.423. The van der Waals surface area contributed by atoms with Gasteiger partial charge in [0.2, 0.25) is 5.91 Å². The SMILES string of the molecule is CC(c1nnc(SCC(=O)NCCCSc2ccccc2)n1-c1ccccc1)N1CCCCC1. The van der Waals surface area contributed by atoms with Gasteiger partial charge in [0.15, 0.2) is 11.0 Å². The minimum absolute atomic E-state index is 0.0305. The van der Waals surface area contributed by atoms with E-state index in [1.807, 2.05) is 48.2 Å². The lowest BCUT2D eigenvalue weighted by Crippen LogP contribution is -2.33. The van der Waals surface area contributed by atoms with Crippen LogP contribution in [0.1, 0.15) is 44.5 Å². The summed E-state index contributed by atoms with van der Waals surface area (Å²) in [4.78, 5) is 16.2. The lowest BCUT2D eigenvalue weighted by Gasteiger charge is -2.31. The molecule has 6 nitrogen and oxygen atoms in total. The molecule has 1 saturated heterocycles. The molecule has 0 spiro atoms. The minimum atomic E-state index is 0.0305. The lowest BCUT2D eigenvalue weighted by molar-refractivity contribution is -0.118. The highest BCUT2D eigenvalue weighted by Crippen LogP contribution is 2.29. The fourth-order valence-corrected chi connectivity index (χ4v) is 5.78. The molecule has 1 aromatic heterocycles. The summed E-state index contributed by atoms with van der Waals surface area (Å²) < 4.78 is 2.12. The van der Waals surface area contributed by atoms with Gasteiger partial charge < -0.3 is 5.32 Å². The predicted octanol–water partition coefficient (Wildman–Crippen LogP) is 5.20. The van der Waals surface area contributed by atoms with E-state index in [2.05, 4.69) is 56.2 Å². The van der Waals surface area contributed by atoms with E-state index in [0.29, 0.717) is 12.3 Å². The van der Waals surface area contributed by atoms with Crippen LogP contribution in [0.3, 0.4) is 0 Å². The van der Waals surface area contributed by atoms with E-state index in [0.717, 1.165) is 41.9 Å². The average molecular weight is 496 g/mol. The molecule has 1 N–H and O–H groups in total. The van der Waals surface area contributed by atoms with Gasteiger partial charge in [-0.25, -0.2) is 0 Å². The molecule has 180 valence electrons. The van der Waals surface area contributed by atoms with Crippen molar-refractivity contribution in [3.05, 3.63) is 66.5 Å². The summed E-state index contributed by atoms with van der Waals surface area (Å²) >= 11 is 3.27. The highest BCUT2D eigenvalue weighted by molar-refractivity contribution is 7.99. The Bertz CT molecular complexity index is 1020. The van der Waals surface area contributed by atoms with E-state index >= 15 is 0 Å². The molecule has 2 aromatic carbocycles. The number of hydrogen-bond donors (Lipinski definition) is 1. The molecule has 1 atom stereocenters. The van der Waals surface area contributed by atoms with Crippen LogP contribution in [0, 0.1) is 0 Å². The third-order valence-electron chi connectivity index (χ3n) is 5.97. The molecule has 1 unspecified atom stereocenters. The second-order valence-corrected chi connectivity index (χ2v) is 10.5. The summed E-state index contributed by atoms with van der Waals surface area (Å²) in [5.74, 6) is 2.28. The van der Waals surface area contributed by atoms with E-state index in [-0.39, 0.29) is 11.9 Å². The monoisotopic (exact) mass is 495 g/mol. The standard InChI is InChI=1S/C26H33N5OS2/c1-21(30-17-9-4-10-18-30)25-28-29-26(31(25)22-12-5-2-6-13-22)34-20-24(32)27-16-11-19-33-23-14-7-3-8-15-23/h2-3,5-8,12-15,21H,4,9-11,16-20H2,1H3,(H,27,32). The number of thioether (sulfide) groups is 2. The Labute approximate surface area is 210 Å². The van der Waals surface area contributed by atoms with Crippen molar-refractivity contribution in [2.24, 2.45) is 0 Å². The Morgan fingerprint density at radius 2 is 1.68 bits per heavy atom. The Kier molecular flexibility index (Phi) is 9.47. The van der Waals surface area contributed by atoms with Crippen LogP contribution in [0.2, 0.25) is 0 Å². The van der Waals surface area contributed by atoms with Crippen LogP contribution in [0.25, 0.3) is 5.69 Å². The number of amides is 1. The van der Waals surface area contributed by atoms with Gasteiger partial charge in [0.1, 0.15) is 0 Å². The quantitative estimate of drug-likeness (QED) is 0.291. The maximum atomic E-state index is 12.5. The smallest absolute Gasteiger partial charge is 0.230 e. The molecule has 34 heavy (non-hydrogen) atoms. The second kappa shape index (κ2) is 13.0. The van der Waals surface area contributed by atoms with Crippen LogP contribution in [0.5, 0.6) is 0 Å². The van der Waals surface area contributed by atoms with Crippen LogP contribution in [0.15, 0.2) is 70.7 Å². The van der Waals surface area contributed by atoms with Crippen LogP contribution in [-0.4, -0.2) is 56.7 Å². The molecule has 1 aliphatic heterocycles. The number of likely N-dealkylation sites (tertiary alicyclic amines) is 1. The highest BCUT2D eigenvalue weighted by atomic mass is 32.2. The molecule has 0 bridgehead atoms. The summed E-state index contributed by atoms with van der Waals surface area (Å²) in [6.07, 6.45) is 4.70. The number of nitrogens with zero attached hydrogens (tertiary/aromatic N) is 4. The number of piperidine rings is 1. The van der Waals surface area contributed by atoms with Crippen molar-refractivity contribution in [3.8, 4) is 5.69 Å². The first-order chi connectivity index (χ1) is 16.7. The van der Waals surface area contributed by atoms with E-state index < -0.39 is 0 Å². The fourth-order valence-electron chi connectivity index (χ4n) is 4.12. The Hall–Kier alpha value is -2.29. The average Bonchev–Trinajstić information content (AvgIpc) is 3.32. The summed E-state index contributed by atoms with van der Waals surface area (Å²) in [6.45, 7) is 5.08. The van der Waals surface area contributed by atoms with E-state index in [4.69, 9.17) is 0 Å². The lowest BCUT2D eigenvalue weighted by atomic mass is 10.1. The zero-order chi connectivity index (χ0) is 23.6. The van der Waals surface area contributed by atoms with Gasteiger partial charge in [-0.05, 0) is 69.3 Å². The van der Waals surface area contributed by atoms with Crippen molar-refractivity contribution in [3.63, 3.8) is 0 Å². The third kappa shape index (κ3) is 6.87. The van der Waals surface area contributed by atoms with Gasteiger partial charge in [-0.1, -0.05) is 54.6 Å². The molecule has 1 fully saturated rings. The van der Waals surface area contributed by atoms with Crippen molar-refractivity contribution < 1.29 is 4.79 Å². The van der Waals surface area contributed by atoms with Crippen molar-refractivity contribution >= 4 is 29.4 Å². The molecule has 8 heteroatoms. The van der Waals surface area contributed by atoms with Crippen LogP contribution < -0.4 is 5.32 Å². The normalized spacial score (nSPS) is 15.2. The highest BCUT2D eigenvalue weighted by Gasteiger charge is 2.25. The zero-order valence-corrected chi connectivity index (χ0v) is 21.4. The van der Waals surface area contributed by atoms with Crippen molar-refractivity contribution in [1.82, 2.24) is 25.0 Å². The van der Waals surface area contributed by atoms with Crippen molar-refractivity contribution in [2.45, 2.75) is 48.7 Å². The minimum Gasteiger partial charge on any atom is -0.355 e. The van der Waals surface area contributed by atoms with Gasteiger partial charge in [0.05, 0.1) is 11.8 Å². The predicted molar refractivity (Wildman–Crippen MR) is 141 cm³/mol. The number of benzene rings is 2. The maximum Gasteiger partial charge on any atom is 0.230 e. The third-order valence-corrected chi connectivity index (χ3v) is 8.00. The van der Waals surface area contributed by atoms with Crippen LogP contribution in [0.4, 0.5) is 0 Å². The first-order valence-electron chi connectivity index (χ1n) is 12.0. The number of hydrogen-bond acceptors (Lipinski definition) is 6. The summed E-state index contributed by atoms with van der Waals surface area (Å²) in [6, 6.07) is 20.7. The first kappa shape index (κ1) is 24.8. The summed E-state index contributed by atoms with van der Waals surface area (Å²) in [5.41, 5.74) is 1.03. The zero-order valence-electron chi connectivity index (χ0n) is 19.7. The van der Waals surface area contributed by atoms with Gasteiger partial charge in [-0.15, -0.1) is 22.0 Å². The molecular weight excluding hydrogens is 462 g/mol. The summed E-state index contributed by atoms with van der Waals surface area (Å²) in [7, 11) is 0. The van der Waals surface area contributed by atoms with Crippen LogP contribution >= 0.6 is 23.5 Å². The largest absolute Gasteiger partial charge is 0.355 e. The van der Waals surface area contributed by atoms with Gasteiger partial charge in [0.25, 0.3) is 0 Å². The van der Waals surface area contributed by atoms with Gasteiger partial charge >= 0.3 is 0 Å². The Morgan fingerprint density at radius 3 is 2.41 bits per heavy atom. The number of para-hydroxylation sites is 1. The van der Waals surface area contributed by atoms with E-state index in [9.17, 15) is 4.79 Å². The second-order valence-electron chi connectivity index (χ2n) is 8.44. The molecular formula is C26H33N5OS2. The molecule has 0 aliphatic carbocycles. The Balaban J connectivity index is 1.33. The van der Waals surface area contributed by atoms with Crippen LogP contribution in [-0.2, 0) is 4.79 Å². The van der Waals surface area contributed by atoms with Gasteiger partial charge in [-0.3, -0.25) is 14.3 Å². The van der Waals surface area contributed by atoms with Gasteiger partial charge in [0, 0.05) is 17.1 Å². The topological polar surface area (TPSA) is 63.1 Å². The first-order valence-corrected chi connectivity index (χ1v) is 14.0. The molecule has 1 aliphatic rings. The maximum absolute atomic E-state index is 12.5. The molecule has 0 saturated carbocycles. The number of carbonyl (C=O) groups is 1. The molecule has 3 aromatic rings. The Morgan fingerprint density at radius 1 is 0.971 bits per heavy atom. The van der Waals surface area contributed by atoms with Crippen molar-refractivity contribution in [1.29, 1.82) is 0 Å². The van der Waals surface area contributed by atoms with E-state index in [1.54, 1.807) is 0 Å². The number of rotatable bonds is 11. The van der Waals surface area contributed by atoms with Crippen molar-refractivity contribution in [2.75, 3.05) is 31.1 Å². The number of aromatic nitrogens is 3.